The maximum atomic E-state index is 12.2. The van der Waals surface area contributed by atoms with Gasteiger partial charge in [0.1, 0.15) is 5.75 Å². The van der Waals surface area contributed by atoms with E-state index >= 15 is 0 Å². The largest absolute Gasteiger partial charge is 0.495 e. The van der Waals surface area contributed by atoms with E-state index < -0.39 is 0 Å². The van der Waals surface area contributed by atoms with Crippen molar-refractivity contribution in [3.05, 3.63) is 23.2 Å². The van der Waals surface area contributed by atoms with E-state index in [1.54, 1.807) is 18.2 Å². The first kappa shape index (κ1) is 16.6. The fourth-order valence-corrected chi connectivity index (χ4v) is 2.47. The van der Waals surface area contributed by atoms with E-state index in [9.17, 15) is 9.59 Å². The Morgan fingerprint density at radius 2 is 2.05 bits per heavy atom. The molecule has 6 heteroatoms. The van der Waals surface area contributed by atoms with Crippen molar-refractivity contribution < 1.29 is 14.3 Å². The molecule has 120 valence electrons. The highest BCUT2D eigenvalue weighted by atomic mass is 35.5. The van der Waals surface area contributed by atoms with Gasteiger partial charge in [-0.1, -0.05) is 24.9 Å². The second-order valence-electron chi connectivity index (χ2n) is 5.43. The van der Waals surface area contributed by atoms with Crippen LogP contribution in [0.25, 0.3) is 0 Å². The van der Waals surface area contributed by atoms with E-state index in [0.29, 0.717) is 29.4 Å². The predicted octanol–water partition coefficient (Wildman–Crippen LogP) is 2.84. The number of amides is 2. The third kappa shape index (κ3) is 4.13. The topological polar surface area (TPSA) is 67.4 Å². The highest BCUT2D eigenvalue weighted by molar-refractivity contribution is 6.31. The molecule has 1 fully saturated rings. The number of ether oxygens (including phenoxy) is 1. The Morgan fingerprint density at radius 3 is 2.73 bits per heavy atom. The minimum Gasteiger partial charge on any atom is -0.495 e. The summed E-state index contributed by atoms with van der Waals surface area (Å²) in [6.07, 6.45) is 2.57. The van der Waals surface area contributed by atoms with E-state index in [4.69, 9.17) is 16.3 Å². The van der Waals surface area contributed by atoms with Crippen molar-refractivity contribution in [3.8, 4) is 5.75 Å². The summed E-state index contributed by atoms with van der Waals surface area (Å²) in [5.41, 5.74) is 0.525. The van der Waals surface area contributed by atoms with Crippen molar-refractivity contribution in [1.29, 1.82) is 0 Å². The summed E-state index contributed by atoms with van der Waals surface area (Å²) in [6, 6.07) is 5.02. The van der Waals surface area contributed by atoms with Gasteiger partial charge >= 0.3 is 0 Å². The number of unbranched alkanes of at least 4 members (excludes halogenated alkanes) is 1. The zero-order chi connectivity index (χ0) is 16.1. The number of hydrogen-bond acceptors (Lipinski definition) is 3. The number of halogens is 1. The highest BCUT2D eigenvalue weighted by Gasteiger charge is 2.48. The molecule has 0 spiro atoms. The van der Waals surface area contributed by atoms with Gasteiger partial charge in [-0.3, -0.25) is 9.59 Å². The van der Waals surface area contributed by atoms with Crippen LogP contribution in [0.5, 0.6) is 5.75 Å². The molecule has 1 aromatic rings. The first-order chi connectivity index (χ1) is 10.6. The minimum absolute atomic E-state index is 0.0355. The van der Waals surface area contributed by atoms with Crippen molar-refractivity contribution in [1.82, 2.24) is 5.32 Å². The molecule has 0 saturated heterocycles. The van der Waals surface area contributed by atoms with Gasteiger partial charge in [0.15, 0.2) is 0 Å². The molecule has 0 heterocycles. The molecule has 1 aliphatic carbocycles. The third-order valence-electron chi connectivity index (χ3n) is 3.71. The highest BCUT2D eigenvalue weighted by Crippen LogP contribution is 2.40. The number of nitrogens with one attached hydrogen (secondary N) is 2. The maximum Gasteiger partial charge on any atom is 0.228 e. The average molecular weight is 325 g/mol. The Morgan fingerprint density at radius 1 is 1.32 bits per heavy atom. The molecule has 2 atom stereocenters. The van der Waals surface area contributed by atoms with Gasteiger partial charge < -0.3 is 15.4 Å². The van der Waals surface area contributed by atoms with Crippen molar-refractivity contribution in [2.45, 2.75) is 26.2 Å². The number of methoxy groups -OCH3 is 1. The number of hydrogen-bond donors (Lipinski definition) is 2. The lowest BCUT2D eigenvalue weighted by atomic mass is 10.2. The van der Waals surface area contributed by atoms with Gasteiger partial charge in [-0.2, -0.15) is 0 Å². The summed E-state index contributed by atoms with van der Waals surface area (Å²) in [6.45, 7) is 2.74. The first-order valence-corrected chi connectivity index (χ1v) is 7.86. The summed E-state index contributed by atoms with van der Waals surface area (Å²) in [4.78, 5) is 24.1. The van der Waals surface area contributed by atoms with E-state index in [2.05, 4.69) is 17.6 Å². The van der Waals surface area contributed by atoms with E-state index in [0.717, 1.165) is 12.8 Å². The van der Waals surface area contributed by atoms with Crippen LogP contribution in [0.4, 0.5) is 5.69 Å². The summed E-state index contributed by atoms with van der Waals surface area (Å²) in [5.74, 6) is -0.155. The quantitative estimate of drug-likeness (QED) is 0.758. The lowest BCUT2D eigenvalue weighted by Crippen LogP contribution is -2.28. The molecular weight excluding hydrogens is 304 g/mol. The van der Waals surface area contributed by atoms with Gasteiger partial charge in [-0.25, -0.2) is 0 Å². The van der Waals surface area contributed by atoms with Crippen LogP contribution in [0.1, 0.15) is 26.2 Å². The molecule has 1 saturated carbocycles. The van der Waals surface area contributed by atoms with Crippen LogP contribution in [-0.4, -0.2) is 25.5 Å². The van der Waals surface area contributed by atoms with Crippen molar-refractivity contribution >= 4 is 29.1 Å². The number of carbonyl (C=O) groups is 2. The number of anilines is 1. The van der Waals surface area contributed by atoms with Crippen molar-refractivity contribution in [3.63, 3.8) is 0 Å². The standard InChI is InChI=1S/C16H21ClN2O3/c1-3-4-7-18-15(20)11-9-12(11)16(21)19-13-8-10(17)5-6-14(13)22-2/h5-6,8,11-12H,3-4,7,9H2,1-2H3,(H,18,20)(H,19,21). The van der Waals surface area contributed by atoms with Gasteiger partial charge in [-0.15, -0.1) is 0 Å². The molecule has 22 heavy (non-hydrogen) atoms. The number of carbonyl (C=O) groups excluding carboxylic acids is 2. The molecule has 0 bridgehead atoms. The van der Waals surface area contributed by atoms with Crippen LogP contribution in [0.15, 0.2) is 18.2 Å². The van der Waals surface area contributed by atoms with E-state index in [1.807, 2.05) is 0 Å². The SMILES string of the molecule is CCCCNC(=O)C1CC1C(=O)Nc1cc(Cl)ccc1OC. The lowest BCUT2D eigenvalue weighted by molar-refractivity contribution is -0.125. The molecular formula is C16H21ClN2O3. The van der Waals surface area contributed by atoms with Crippen LogP contribution in [-0.2, 0) is 9.59 Å². The predicted molar refractivity (Wildman–Crippen MR) is 86.1 cm³/mol. The first-order valence-electron chi connectivity index (χ1n) is 7.49. The van der Waals surface area contributed by atoms with Crippen LogP contribution >= 0.6 is 11.6 Å². The normalized spacial score (nSPS) is 19.4. The van der Waals surface area contributed by atoms with Crippen molar-refractivity contribution in [2.75, 3.05) is 19.0 Å². The monoisotopic (exact) mass is 324 g/mol. The van der Waals surface area contributed by atoms with Gasteiger partial charge in [0, 0.05) is 11.6 Å². The number of rotatable bonds is 7. The Bertz CT molecular complexity index is 562. The molecule has 1 aliphatic rings. The Hall–Kier alpha value is -1.75. The molecule has 1 aromatic carbocycles. The zero-order valence-corrected chi connectivity index (χ0v) is 13.6. The molecule has 2 amide bonds. The second-order valence-corrected chi connectivity index (χ2v) is 5.86. The van der Waals surface area contributed by atoms with E-state index in [1.165, 1.54) is 7.11 Å². The Labute approximate surface area is 135 Å². The molecule has 0 radical (unpaired) electrons. The summed E-state index contributed by atoms with van der Waals surface area (Å²) < 4.78 is 5.19. The van der Waals surface area contributed by atoms with Crippen LogP contribution in [0.2, 0.25) is 5.02 Å². The smallest absolute Gasteiger partial charge is 0.228 e. The Balaban J connectivity index is 1.89. The average Bonchev–Trinajstić information content (AvgIpc) is 3.28. The summed E-state index contributed by atoms with van der Waals surface area (Å²) in [5, 5.41) is 6.16. The fourth-order valence-electron chi connectivity index (χ4n) is 2.30. The van der Waals surface area contributed by atoms with E-state index in [-0.39, 0.29) is 23.7 Å². The molecule has 0 aliphatic heterocycles. The van der Waals surface area contributed by atoms with Crippen LogP contribution in [0.3, 0.4) is 0 Å². The molecule has 2 N–H and O–H groups in total. The summed E-state index contributed by atoms with van der Waals surface area (Å²) >= 11 is 5.93. The second kappa shape index (κ2) is 7.49. The van der Waals surface area contributed by atoms with Crippen LogP contribution in [0, 0.1) is 11.8 Å². The summed E-state index contributed by atoms with van der Waals surface area (Å²) in [7, 11) is 1.53. The maximum absolute atomic E-state index is 12.2. The minimum atomic E-state index is -0.273. The van der Waals surface area contributed by atoms with Gasteiger partial charge in [0.05, 0.1) is 24.6 Å². The molecule has 0 aromatic heterocycles. The Kier molecular flexibility index (Phi) is 5.66. The molecule has 2 unspecified atom stereocenters. The zero-order valence-electron chi connectivity index (χ0n) is 12.8. The lowest BCUT2D eigenvalue weighted by Gasteiger charge is -2.10. The third-order valence-corrected chi connectivity index (χ3v) is 3.95. The number of benzene rings is 1. The van der Waals surface area contributed by atoms with Crippen LogP contribution < -0.4 is 15.4 Å². The fraction of sp³-hybridized carbons (Fsp3) is 0.500. The van der Waals surface area contributed by atoms with Gasteiger partial charge in [0.25, 0.3) is 0 Å². The van der Waals surface area contributed by atoms with Crippen molar-refractivity contribution in [2.24, 2.45) is 11.8 Å². The van der Waals surface area contributed by atoms with Gasteiger partial charge in [-0.05, 0) is 31.0 Å². The molecule has 2 rings (SSSR count). The molecule has 5 nitrogen and oxygen atoms in total. The van der Waals surface area contributed by atoms with Gasteiger partial charge in [0.2, 0.25) is 11.8 Å².